The number of para-hydroxylation sites is 1. The van der Waals surface area contributed by atoms with E-state index in [9.17, 15) is 14.7 Å². The number of carbonyl (C=O) groups is 2. The van der Waals surface area contributed by atoms with Crippen LogP contribution in [0.15, 0.2) is 30.3 Å². The maximum absolute atomic E-state index is 11.4. The number of hydrogen-bond acceptors (Lipinski definition) is 4. The number of rotatable bonds is 5. The van der Waals surface area contributed by atoms with Crippen molar-refractivity contribution in [3.05, 3.63) is 30.3 Å². The molecule has 0 aromatic heterocycles. The predicted molar refractivity (Wildman–Crippen MR) is 61.1 cm³/mol. The third kappa shape index (κ3) is 2.60. The Morgan fingerprint density at radius 3 is 2.61 bits per heavy atom. The van der Waals surface area contributed by atoms with Gasteiger partial charge in [0.25, 0.3) is 5.91 Å². The number of hydrogen-bond donors (Lipinski definition) is 3. The van der Waals surface area contributed by atoms with Gasteiger partial charge >= 0.3 is 5.97 Å². The van der Waals surface area contributed by atoms with Crippen molar-refractivity contribution in [1.29, 1.82) is 0 Å². The molecule has 0 saturated heterocycles. The lowest BCUT2D eigenvalue weighted by Crippen LogP contribution is -2.38. The summed E-state index contributed by atoms with van der Waals surface area (Å²) < 4.78 is 5.18. The molecular weight excluding hydrogens is 238 g/mol. The average Bonchev–Trinajstić information content (AvgIpc) is 3.00. The molecular formula is C12H13NO5. The molecule has 3 N–H and O–H groups in total. The summed E-state index contributed by atoms with van der Waals surface area (Å²) in [5.74, 6) is -1.23. The fourth-order valence-electron chi connectivity index (χ4n) is 1.56. The molecule has 2 atom stereocenters. The Labute approximate surface area is 103 Å². The van der Waals surface area contributed by atoms with Crippen molar-refractivity contribution in [2.75, 3.05) is 6.61 Å². The van der Waals surface area contributed by atoms with Gasteiger partial charge in [-0.1, -0.05) is 18.2 Å². The first-order chi connectivity index (χ1) is 8.52. The number of ether oxygens (including phenoxy) is 1. The van der Waals surface area contributed by atoms with Crippen molar-refractivity contribution in [2.45, 2.75) is 18.1 Å². The Hall–Kier alpha value is -2.08. The fraction of sp³-hybridized carbons (Fsp3) is 0.333. The van der Waals surface area contributed by atoms with Crippen LogP contribution < -0.4 is 10.1 Å². The largest absolute Gasteiger partial charge is 0.484 e. The molecule has 6 heteroatoms. The Morgan fingerprint density at radius 1 is 1.39 bits per heavy atom. The molecule has 1 aliphatic carbocycles. The van der Waals surface area contributed by atoms with Gasteiger partial charge in [0.1, 0.15) is 5.75 Å². The van der Waals surface area contributed by atoms with Crippen LogP contribution >= 0.6 is 0 Å². The monoisotopic (exact) mass is 251 g/mol. The van der Waals surface area contributed by atoms with Gasteiger partial charge in [-0.2, -0.15) is 0 Å². The number of aliphatic hydroxyl groups is 1. The highest BCUT2D eigenvalue weighted by Gasteiger charge is 2.60. The van der Waals surface area contributed by atoms with Crippen molar-refractivity contribution in [3.63, 3.8) is 0 Å². The van der Waals surface area contributed by atoms with Crippen LogP contribution in [0.5, 0.6) is 5.75 Å². The van der Waals surface area contributed by atoms with Crippen molar-refractivity contribution < 1.29 is 24.5 Å². The smallest absolute Gasteiger partial charge is 0.337 e. The quantitative estimate of drug-likeness (QED) is 0.671. The van der Waals surface area contributed by atoms with Crippen LogP contribution in [0.3, 0.4) is 0 Å². The second kappa shape index (κ2) is 4.66. The summed E-state index contributed by atoms with van der Waals surface area (Å²) in [6.45, 7) is -0.212. The first-order valence-corrected chi connectivity index (χ1v) is 5.45. The third-order valence-corrected chi connectivity index (χ3v) is 2.75. The molecule has 96 valence electrons. The predicted octanol–water partition coefficient (Wildman–Crippen LogP) is -0.230. The molecule has 1 saturated carbocycles. The minimum Gasteiger partial charge on any atom is -0.484 e. The lowest BCUT2D eigenvalue weighted by molar-refractivity contribution is -0.149. The molecule has 1 aromatic rings. The van der Waals surface area contributed by atoms with E-state index in [1.54, 1.807) is 24.3 Å². The van der Waals surface area contributed by atoms with E-state index in [1.807, 2.05) is 6.07 Å². The summed E-state index contributed by atoms with van der Waals surface area (Å²) >= 11 is 0. The zero-order valence-electron chi connectivity index (χ0n) is 9.50. The Morgan fingerprint density at radius 2 is 2.06 bits per heavy atom. The second-order valence-corrected chi connectivity index (χ2v) is 4.16. The summed E-state index contributed by atoms with van der Waals surface area (Å²) in [5, 5.41) is 20.5. The molecule has 1 aliphatic rings. The van der Waals surface area contributed by atoms with E-state index >= 15 is 0 Å². The Kier molecular flexibility index (Phi) is 3.20. The minimum absolute atomic E-state index is 0.0272. The van der Waals surface area contributed by atoms with E-state index in [0.717, 1.165) is 0 Å². The van der Waals surface area contributed by atoms with Crippen LogP contribution in [-0.4, -0.2) is 40.3 Å². The number of aliphatic carboxylic acids is 1. The molecule has 0 bridgehead atoms. The lowest BCUT2D eigenvalue weighted by atomic mass is 10.3. The van der Waals surface area contributed by atoms with Crippen LogP contribution in [0.2, 0.25) is 0 Å². The molecule has 1 fully saturated rings. The fourth-order valence-corrected chi connectivity index (χ4v) is 1.56. The minimum atomic E-state index is -1.82. The molecule has 0 aliphatic heterocycles. The number of carboxylic acid groups (broad SMARTS) is 1. The highest BCUT2D eigenvalue weighted by Crippen LogP contribution is 2.35. The van der Waals surface area contributed by atoms with Crippen LogP contribution in [0.1, 0.15) is 6.42 Å². The second-order valence-electron chi connectivity index (χ2n) is 4.16. The number of carbonyl (C=O) groups excluding carboxylic acids is 1. The van der Waals surface area contributed by atoms with Crippen molar-refractivity contribution in [3.8, 4) is 5.75 Å². The van der Waals surface area contributed by atoms with E-state index < -0.39 is 23.5 Å². The highest BCUT2D eigenvalue weighted by atomic mass is 16.5. The van der Waals surface area contributed by atoms with Crippen molar-refractivity contribution in [1.82, 2.24) is 5.32 Å². The van der Waals surface area contributed by atoms with E-state index in [2.05, 4.69) is 5.32 Å². The summed E-state index contributed by atoms with van der Waals surface area (Å²) in [4.78, 5) is 22.1. The van der Waals surface area contributed by atoms with Gasteiger partial charge in [-0.25, -0.2) is 4.79 Å². The third-order valence-electron chi connectivity index (χ3n) is 2.75. The van der Waals surface area contributed by atoms with E-state index in [1.165, 1.54) is 0 Å². The zero-order valence-corrected chi connectivity index (χ0v) is 9.50. The molecule has 1 aromatic carbocycles. The maximum atomic E-state index is 11.4. The lowest BCUT2D eigenvalue weighted by Gasteiger charge is -2.08. The molecule has 0 heterocycles. The summed E-state index contributed by atoms with van der Waals surface area (Å²) in [7, 11) is 0. The first kappa shape index (κ1) is 12.4. The number of carboxylic acids is 1. The van der Waals surface area contributed by atoms with Crippen LogP contribution in [0.4, 0.5) is 0 Å². The van der Waals surface area contributed by atoms with Gasteiger partial charge in [0.05, 0.1) is 6.04 Å². The van der Waals surface area contributed by atoms with Crippen LogP contribution in [0, 0.1) is 0 Å². The summed E-state index contributed by atoms with van der Waals surface area (Å²) in [5.41, 5.74) is -1.82. The van der Waals surface area contributed by atoms with E-state index in [4.69, 9.17) is 9.84 Å². The van der Waals surface area contributed by atoms with Gasteiger partial charge in [-0.05, 0) is 12.1 Å². The number of amides is 1. The van der Waals surface area contributed by atoms with Crippen molar-refractivity contribution >= 4 is 11.9 Å². The van der Waals surface area contributed by atoms with Gasteiger partial charge < -0.3 is 20.3 Å². The van der Waals surface area contributed by atoms with Crippen molar-refractivity contribution in [2.24, 2.45) is 0 Å². The van der Waals surface area contributed by atoms with Gasteiger partial charge in [0, 0.05) is 6.42 Å². The Balaban J connectivity index is 1.76. The molecule has 0 radical (unpaired) electrons. The van der Waals surface area contributed by atoms with Crippen LogP contribution in [0.25, 0.3) is 0 Å². The maximum Gasteiger partial charge on any atom is 0.337 e. The number of benzene rings is 1. The molecule has 18 heavy (non-hydrogen) atoms. The van der Waals surface area contributed by atoms with E-state index in [0.29, 0.717) is 5.75 Å². The topological polar surface area (TPSA) is 95.9 Å². The molecule has 6 nitrogen and oxygen atoms in total. The van der Waals surface area contributed by atoms with Gasteiger partial charge in [-0.15, -0.1) is 0 Å². The normalized spacial score (nSPS) is 25.3. The number of nitrogens with one attached hydrogen (secondary N) is 1. The average molecular weight is 251 g/mol. The Bertz CT molecular complexity index is 461. The summed E-state index contributed by atoms with van der Waals surface area (Å²) in [6, 6.07) is 8.05. The summed E-state index contributed by atoms with van der Waals surface area (Å²) in [6.07, 6.45) is 0.0272. The molecule has 1 amide bonds. The van der Waals surface area contributed by atoms with Crippen LogP contribution in [-0.2, 0) is 9.59 Å². The standard InChI is InChI=1S/C12H13NO5/c14-10(7-18-8-4-2-1-3-5-8)13-9-6-12(9,17)11(15)16/h1-5,9,17H,6-7H2,(H,13,14)(H,15,16). The first-order valence-electron chi connectivity index (χ1n) is 5.45. The van der Waals surface area contributed by atoms with E-state index in [-0.39, 0.29) is 13.0 Å². The van der Waals surface area contributed by atoms with Gasteiger partial charge in [0.2, 0.25) is 0 Å². The molecule has 2 unspecified atom stereocenters. The SMILES string of the molecule is O=C(COc1ccccc1)NC1CC1(O)C(=O)O. The highest BCUT2D eigenvalue weighted by molar-refractivity contribution is 5.86. The van der Waals surface area contributed by atoms with Gasteiger partial charge in [-0.3, -0.25) is 4.79 Å². The van der Waals surface area contributed by atoms with Gasteiger partial charge in [0.15, 0.2) is 12.2 Å². The molecule has 2 rings (SSSR count). The zero-order chi connectivity index (χ0) is 13.2. The molecule has 0 spiro atoms.